The summed E-state index contributed by atoms with van der Waals surface area (Å²) in [4.78, 5) is 21.5. The molecule has 0 spiro atoms. The maximum atomic E-state index is 11.7. The van der Waals surface area contributed by atoms with Crippen molar-refractivity contribution in [1.82, 2.24) is 4.72 Å². The summed E-state index contributed by atoms with van der Waals surface area (Å²) in [6.07, 6.45) is -1.63. The third kappa shape index (κ3) is 3.99. The Bertz CT molecular complexity index is 577. The largest absolute Gasteiger partial charge is 0.478 e. The summed E-state index contributed by atoms with van der Waals surface area (Å²) in [5.74, 6) is -2.22. The third-order valence-corrected chi connectivity index (χ3v) is 4.89. The number of aromatic carboxylic acids is 1. The molecule has 8 nitrogen and oxygen atoms in total. The van der Waals surface area contributed by atoms with Crippen molar-refractivity contribution in [2.24, 2.45) is 0 Å². The van der Waals surface area contributed by atoms with Gasteiger partial charge in [-0.25, -0.2) is 22.7 Å². The Kier molecular flexibility index (Phi) is 5.00. The van der Waals surface area contributed by atoms with Crippen LogP contribution in [0.25, 0.3) is 0 Å². The Morgan fingerprint density at radius 1 is 1.53 bits per heavy atom. The highest BCUT2D eigenvalue weighted by Gasteiger charge is 2.22. The number of methoxy groups -OCH3 is 1. The van der Waals surface area contributed by atoms with E-state index in [1.54, 1.807) is 0 Å². The second kappa shape index (κ2) is 6.10. The molecule has 1 atom stereocenters. The standard InChI is InChI=1S/C9H11NO7S2/c1-17-9(14)6(11)3-10-19(15,16)7-2-5(4-18-7)8(12)13/h2,4,6,10-11H,3H2,1H3,(H,12,13). The Hall–Kier alpha value is -1.49. The molecule has 1 heterocycles. The molecular formula is C9H11NO7S2. The van der Waals surface area contributed by atoms with Gasteiger partial charge in [0.15, 0.2) is 6.10 Å². The number of esters is 1. The number of thiophene rings is 1. The molecule has 0 amide bonds. The highest BCUT2D eigenvalue weighted by atomic mass is 32.2. The van der Waals surface area contributed by atoms with Crippen molar-refractivity contribution in [2.45, 2.75) is 10.3 Å². The number of rotatable bonds is 6. The van der Waals surface area contributed by atoms with Crippen molar-refractivity contribution < 1.29 is 33.0 Å². The lowest BCUT2D eigenvalue weighted by atomic mass is 10.4. The molecule has 10 heteroatoms. The van der Waals surface area contributed by atoms with Crippen LogP contribution >= 0.6 is 11.3 Å². The number of hydrogen-bond donors (Lipinski definition) is 3. The topological polar surface area (TPSA) is 130 Å². The van der Waals surface area contributed by atoms with Crippen LogP contribution in [0.4, 0.5) is 0 Å². The molecule has 0 aliphatic rings. The van der Waals surface area contributed by atoms with Crippen LogP contribution in [0.5, 0.6) is 0 Å². The average Bonchev–Trinajstić information content (AvgIpc) is 2.85. The molecule has 3 N–H and O–H groups in total. The summed E-state index contributed by atoms with van der Waals surface area (Å²) < 4.78 is 29.4. The lowest BCUT2D eigenvalue weighted by Gasteiger charge is -2.09. The number of aliphatic hydroxyl groups excluding tert-OH is 1. The average molecular weight is 309 g/mol. The van der Waals surface area contributed by atoms with Crippen molar-refractivity contribution in [3.63, 3.8) is 0 Å². The predicted octanol–water partition coefficient (Wildman–Crippen LogP) is -0.742. The minimum Gasteiger partial charge on any atom is -0.478 e. The minimum atomic E-state index is -3.97. The van der Waals surface area contributed by atoms with Gasteiger partial charge in [0.1, 0.15) is 4.21 Å². The molecule has 0 radical (unpaired) electrons. The van der Waals surface area contributed by atoms with Gasteiger partial charge in [-0.15, -0.1) is 11.3 Å². The zero-order valence-electron chi connectivity index (χ0n) is 9.69. The van der Waals surface area contributed by atoms with Gasteiger partial charge in [-0.3, -0.25) is 0 Å². The van der Waals surface area contributed by atoms with Gasteiger partial charge in [0, 0.05) is 11.9 Å². The van der Waals surface area contributed by atoms with E-state index < -0.39 is 34.6 Å². The Morgan fingerprint density at radius 3 is 2.63 bits per heavy atom. The van der Waals surface area contributed by atoms with E-state index in [4.69, 9.17) is 5.11 Å². The number of aliphatic hydroxyl groups is 1. The molecule has 1 rings (SSSR count). The van der Waals surface area contributed by atoms with E-state index in [1.165, 1.54) is 5.38 Å². The maximum Gasteiger partial charge on any atom is 0.336 e. The second-order valence-corrected chi connectivity index (χ2v) is 6.26. The van der Waals surface area contributed by atoms with Crippen LogP contribution in [0, 0.1) is 0 Å². The predicted molar refractivity (Wildman–Crippen MR) is 64.5 cm³/mol. The Morgan fingerprint density at radius 2 is 2.16 bits per heavy atom. The van der Waals surface area contributed by atoms with Gasteiger partial charge in [0.2, 0.25) is 10.0 Å². The van der Waals surface area contributed by atoms with Gasteiger partial charge in [0.05, 0.1) is 12.7 Å². The summed E-state index contributed by atoms with van der Waals surface area (Å²) in [5.41, 5.74) is -0.154. The van der Waals surface area contributed by atoms with Gasteiger partial charge in [-0.05, 0) is 6.07 Å². The van der Waals surface area contributed by atoms with Gasteiger partial charge >= 0.3 is 11.9 Å². The van der Waals surface area contributed by atoms with Gasteiger partial charge in [0.25, 0.3) is 0 Å². The Labute approximate surface area is 112 Å². The van der Waals surface area contributed by atoms with E-state index in [0.29, 0.717) is 0 Å². The van der Waals surface area contributed by atoms with E-state index in [0.717, 1.165) is 24.5 Å². The van der Waals surface area contributed by atoms with Crippen molar-refractivity contribution >= 4 is 33.3 Å². The zero-order valence-corrected chi connectivity index (χ0v) is 11.3. The third-order valence-electron chi connectivity index (χ3n) is 2.03. The van der Waals surface area contributed by atoms with Crippen LogP contribution in [0.1, 0.15) is 10.4 Å². The summed E-state index contributed by atoms with van der Waals surface area (Å²) >= 11 is 0.722. The number of carbonyl (C=O) groups is 2. The fraction of sp³-hybridized carbons (Fsp3) is 0.333. The molecular weight excluding hydrogens is 298 g/mol. The number of carbonyl (C=O) groups excluding carboxylic acids is 1. The maximum absolute atomic E-state index is 11.7. The van der Waals surface area contributed by atoms with Gasteiger partial charge in [-0.2, -0.15) is 0 Å². The van der Waals surface area contributed by atoms with Crippen molar-refractivity contribution in [3.05, 3.63) is 17.0 Å². The number of carboxylic acid groups (broad SMARTS) is 1. The lowest BCUT2D eigenvalue weighted by Crippen LogP contribution is -2.36. The van der Waals surface area contributed by atoms with Crippen molar-refractivity contribution in [3.8, 4) is 0 Å². The first-order chi connectivity index (χ1) is 8.77. The van der Waals surface area contributed by atoms with E-state index in [2.05, 4.69) is 4.74 Å². The monoisotopic (exact) mass is 309 g/mol. The highest BCUT2D eigenvalue weighted by molar-refractivity contribution is 7.91. The number of nitrogens with one attached hydrogen (secondary N) is 1. The van der Waals surface area contributed by atoms with E-state index in [-0.39, 0.29) is 9.77 Å². The number of sulfonamides is 1. The molecule has 0 saturated carbocycles. The number of hydrogen-bond acceptors (Lipinski definition) is 7. The van der Waals surface area contributed by atoms with Crippen LogP contribution < -0.4 is 4.72 Å². The molecule has 1 aromatic heterocycles. The fourth-order valence-electron chi connectivity index (χ4n) is 1.05. The van der Waals surface area contributed by atoms with Crippen LogP contribution in [-0.2, 0) is 19.6 Å². The highest BCUT2D eigenvalue weighted by Crippen LogP contribution is 2.19. The molecule has 19 heavy (non-hydrogen) atoms. The minimum absolute atomic E-state index is 0.154. The smallest absolute Gasteiger partial charge is 0.336 e. The second-order valence-electron chi connectivity index (χ2n) is 3.35. The summed E-state index contributed by atoms with van der Waals surface area (Å²) in [7, 11) is -2.92. The fourth-order valence-corrected chi connectivity index (χ4v) is 3.29. The summed E-state index contributed by atoms with van der Waals surface area (Å²) in [5, 5.41) is 19.1. The zero-order chi connectivity index (χ0) is 14.6. The molecule has 0 aromatic carbocycles. The normalized spacial score (nSPS) is 12.9. The molecule has 0 fully saturated rings. The molecule has 0 bridgehead atoms. The lowest BCUT2D eigenvalue weighted by molar-refractivity contribution is -0.149. The van der Waals surface area contributed by atoms with Crippen LogP contribution in [0.3, 0.4) is 0 Å². The number of carboxylic acids is 1. The SMILES string of the molecule is COC(=O)C(O)CNS(=O)(=O)c1cc(C(=O)O)cs1. The summed E-state index contributed by atoms with van der Waals surface area (Å²) in [6, 6.07) is 0.986. The van der Waals surface area contributed by atoms with Gasteiger partial charge in [-0.1, -0.05) is 0 Å². The number of ether oxygens (including phenoxy) is 1. The van der Waals surface area contributed by atoms with Crippen LogP contribution in [-0.4, -0.2) is 50.3 Å². The first kappa shape index (κ1) is 15.6. The molecule has 106 valence electrons. The molecule has 0 saturated heterocycles. The van der Waals surface area contributed by atoms with E-state index in [9.17, 15) is 23.1 Å². The van der Waals surface area contributed by atoms with E-state index >= 15 is 0 Å². The van der Waals surface area contributed by atoms with E-state index in [1.807, 2.05) is 4.72 Å². The van der Waals surface area contributed by atoms with Gasteiger partial charge < -0.3 is 14.9 Å². The van der Waals surface area contributed by atoms with Crippen LogP contribution in [0.15, 0.2) is 15.7 Å². The summed E-state index contributed by atoms with van der Waals surface area (Å²) in [6.45, 7) is -0.560. The van der Waals surface area contributed by atoms with Crippen LogP contribution in [0.2, 0.25) is 0 Å². The quantitative estimate of drug-likeness (QED) is 0.590. The molecule has 0 aliphatic heterocycles. The first-order valence-corrected chi connectivity index (χ1v) is 7.21. The molecule has 1 unspecified atom stereocenters. The molecule has 1 aromatic rings. The Balaban J connectivity index is 2.75. The first-order valence-electron chi connectivity index (χ1n) is 4.85. The molecule has 0 aliphatic carbocycles. The van der Waals surface area contributed by atoms with Crippen molar-refractivity contribution in [1.29, 1.82) is 0 Å². The van der Waals surface area contributed by atoms with Crippen molar-refractivity contribution in [2.75, 3.05) is 13.7 Å².